The van der Waals surface area contributed by atoms with Crippen LogP contribution in [-0.2, 0) is 0 Å². The molecule has 0 amide bonds. The standard InChI is InChI=1S/C9H7BrClNO4/c1-16-7-3-2-5(11)9(12(14)15)8(7)6(13)4-10/h2-3H,4H2,1H3. The number of benzene rings is 1. The summed E-state index contributed by atoms with van der Waals surface area (Å²) in [5.41, 5.74) is -0.539. The second-order valence-electron chi connectivity index (χ2n) is 2.79. The van der Waals surface area contributed by atoms with Crippen LogP contribution >= 0.6 is 27.5 Å². The Bertz CT molecular complexity index is 449. The molecule has 7 heteroatoms. The number of methoxy groups -OCH3 is 1. The average Bonchev–Trinajstić information content (AvgIpc) is 2.27. The van der Waals surface area contributed by atoms with Crippen molar-refractivity contribution in [3.8, 4) is 5.75 Å². The van der Waals surface area contributed by atoms with Gasteiger partial charge < -0.3 is 4.74 Å². The van der Waals surface area contributed by atoms with Crippen molar-refractivity contribution < 1.29 is 14.5 Å². The maximum Gasteiger partial charge on any atom is 0.302 e. The lowest BCUT2D eigenvalue weighted by atomic mass is 10.1. The first-order chi connectivity index (χ1) is 7.52. The highest BCUT2D eigenvalue weighted by molar-refractivity contribution is 9.09. The summed E-state index contributed by atoms with van der Waals surface area (Å²) in [5, 5.41) is 10.7. The molecule has 0 aliphatic rings. The lowest BCUT2D eigenvalue weighted by Gasteiger charge is -2.07. The molecule has 0 aliphatic heterocycles. The van der Waals surface area contributed by atoms with Crippen LogP contribution in [0.5, 0.6) is 5.75 Å². The summed E-state index contributed by atoms with van der Waals surface area (Å²) in [6, 6.07) is 2.74. The maximum absolute atomic E-state index is 11.6. The van der Waals surface area contributed by atoms with Gasteiger partial charge in [-0.1, -0.05) is 27.5 Å². The van der Waals surface area contributed by atoms with Crippen molar-refractivity contribution in [2.45, 2.75) is 0 Å². The van der Waals surface area contributed by atoms with Crippen molar-refractivity contribution in [1.82, 2.24) is 0 Å². The fourth-order valence-corrected chi connectivity index (χ4v) is 1.74. The van der Waals surface area contributed by atoms with Crippen LogP contribution in [0.3, 0.4) is 0 Å². The van der Waals surface area contributed by atoms with Crippen LogP contribution in [0.25, 0.3) is 0 Å². The molecule has 0 unspecified atom stereocenters. The minimum Gasteiger partial charge on any atom is -0.496 e. The van der Waals surface area contributed by atoms with Gasteiger partial charge in [0, 0.05) is 0 Å². The number of ether oxygens (including phenoxy) is 1. The fourth-order valence-electron chi connectivity index (χ4n) is 1.23. The summed E-state index contributed by atoms with van der Waals surface area (Å²) < 4.78 is 4.91. The van der Waals surface area contributed by atoms with E-state index in [-0.39, 0.29) is 21.7 Å². The molecule has 0 aromatic heterocycles. The van der Waals surface area contributed by atoms with Crippen molar-refractivity contribution in [3.05, 3.63) is 32.8 Å². The van der Waals surface area contributed by atoms with Crippen LogP contribution in [-0.4, -0.2) is 23.1 Å². The predicted molar refractivity (Wildman–Crippen MR) is 62.8 cm³/mol. The van der Waals surface area contributed by atoms with Crippen molar-refractivity contribution in [2.24, 2.45) is 0 Å². The molecule has 0 fully saturated rings. The van der Waals surface area contributed by atoms with Crippen molar-refractivity contribution in [1.29, 1.82) is 0 Å². The Morgan fingerprint density at radius 1 is 1.62 bits per heavy atom. The quantitative estimate of drug-likeness (QED) is 0.371. The van der Waals surface area contributed by atoms with Crippen LogP contribution in [0.2, 0.25) is 5.02 Å². The molecule has 0 N–H and O–H groups in total. The molecule has 0 heterocycles. The van der Waals surface area contributed by atoms with Crippen LogP contribution in [0.15, 0.2) is 12.1 Å². The minimum absolute atomic E-state index is 0.0372. The Hall–Kier alpha value is -1.14. The Kier molecular flexibility index (Phi) is 4.26. The van der Waals surface area contributed by atoms with Gasteiger partial charge in [0.05, 0.1) is 17.4 Å². The summed E-state index contributed by atoms with van der Waals surface area (Å²) in [6.45, 7) is 0. The number of rotatable bonds is 4. The number of Topliss-reactive ketones (excluding diaryl/α,β-unsaturated/α-hetero) is 1. The van der Waals surface area contributed by atoms with Gasteiger partial charge in [-0.3, -0.25) is 14.9 Å². The molecule has 1 aromatic carbocycles. The Labute approximate surface area is 105 Å². The highest BCUT2D eigenvalue weighted by Gasteiger charge is 2.27. The van der Waals surface area contributed by atoms with E-state index >= 15 is 0 Å². The fraction of sp³-hybridized carbons (Fsp3) is 0.222. The van der Waals surface area contributed by atoms with Gasteiger partial charge in [0.15, 0.2) is 5.78 Å². The van der Waals surface area contributed by atoms with Gasteiger partial charge in [-0.15, -0.1) is 0 Å². The SMILES string of the molecule is COc1ccc(Cl)c([N+](=O)[O-])c1C(=O)CBr. The molecule has 5 nitrogen and oxygen atoms in total. The van der Waals surface area contributed by atoms with Gasteiger partial charge in [0.1, 0.15) is 16.3 Å². The van der Waals surface area contributed by atoms with Crippen LogP contribution < -0.4 is 4.74 Å². The van der Waals surface area contributed by atoms with Crippen molar-refractivity contribution >= 4 is 39.0 Å². The van der Waals surface area contributed by atoms with E-state index in [0.717, 1.165) is 0 Å². The normalized spacial score (nSPS) is 9.94. The number of nitro groups is 1. The van der Waals surface area contributed by atoms with Gasteiger partial charge in [-0.2, -0.15) is 0 Å². The smallest absolute Gasteiger partial charge is 0.302 e. The zero-order valence-electron chi connectivity index (χ0n) is 8.20. The minimum atomic E-state index is -0.694. The van der Waals surface area contributed by atoms with Gasteiger partial charge in [0.2, 0.25) is 0 Å². The van der Waals surface area contributed by atoms with E-state index in [1.807, 2.05) is 0 Å². The van der Waals surface area contributed by atoms with Gasteiger partial charge in [0.25, 0.3) is 0 Å². The third kappa shape index (κ3) is 2.33. The Morgan fingerprint density at radius 3 is 2.69 bits per heavy atom. The number of ketones is 1. The Morgan fingerprint density at radius 2 is 2.25 bits per heavy atom. The molecule has 0 radical (unpaired) electrons. The zero-order valence-corrected chi connectivity index (χ0v) is 10.5. The van der Waals surface area contributed by atoms with E-state index in [4.69, 9.17) is 16.3 Å². The van der Waals surface area contributed by atoms with Gasteiger partial charge in [-0.05, 0) is 12.1 Å². The number of halogens is 2. The largest absolute Gasteiger partial charge is 0.496 e. The van der Waals surface area contributed by atoms with E-state index < -0.39 is 16.4 Å². The number of hydrogen-bond acceptors (Lipinski definition) is 4. The van der Waals surface area contributed by atoms with Gasteiger partial charge in [-0.25, -0.2) is 0 Å². The molecule has 0 bridgehead atoms. The molecule has 0 saturated carbocycles. The molecule has 0 atom stereocenters. The molecule has 0 saturated heterocycles. The number of alkyl halides is 1. The summed E-state index contributed by atoms with van der Waals surface area (Å²) in [7, 11) is 1.33. The number of nitro benzene ring substituents is 1. The van der Waals surface area contributed by atoms with Crippen LogP contribution in [0.4, 0.5) is 5.69 Å². The lowest BCUT2D eigenvalue weighted by Crippen LogP contribution is -2.07. The van der Waals surface area contributed by atoms with E-state index in [9.17, 15) is 14.9 Å². The highest BCUT2D eigenvalue weighted by Crippen LogP contribution is 2.35. The van der Waals surface area contributed by atoms with E-state index in [1.54, 1.807) is 0 Å². The third-order valence-corrected chi connectivity index (χ3v) is 2.71. The zero-order chi connectivity index (χ0) is 12.3. The molecular formula is C9H7BrClNO4. The number of nitrogens with zero attached hydrogens (tertiary/aromatic N) is 1. The second kappa shape index (κ2) is 5.27. The first kappa shape index (κ1) is 12.9. The first-order valence-corrected chi connectivity index (χ1v) is 5.63. The first-order valence-electron chi connectivity index (χ1n) is 4.13. The second-order valence-corrected chi connectivity index (χ2v) is 3.76. The molecule has 86 valence electrons. The molecule has 1 rings (SSSR count). The topological polar surface area (TPSA) is 69.4 Å². The number of carbonyl (C=O) groups excluding carboxylic acids is 1. The van der Waals surface area contributed by atoms with Crippen molar-refractivity contribution in [2.75, 3.05) is 12.4 Å². The maximum atomic E-state index is 11.6. The highest BCUT2D eigenvalue weighted by atomic mass is 79.9. The molecule has 0 spiro atoms. The van der Waals surface area contributed by atoms with Crippen molar-refractivity contribution in [3.63, 3.8) is 0 Å². The summed E-state index contributed by atoms with van der Waals surface area (Å²) >= 11 is 8.64. The molecular weight excluding hydrogens is 301 g/mol. The summed E-state index contributed by atoms with van der Waals surface area (Å²) in [4.78, 5) is 21.7. The lowest BCUT2D eigenvalue weighted by molar-refractivity contribution is -0.385. The van der Waals surface area contributed by atoms with E-state index in [1.165, 1.54) is 19.2 Å². The van der Waals surface area contributed by atoms with Crippen LogP contribution in [0, 0.1) is 10.1 Å². The summed E-state index contributed by atoms with van der Waals surface area (Å²) in [5.74, 6) is -0.313. The molecule has 1 aromatic rings. The number of hydrogen-bond donors (Lipinski definition) is 0. The van der Waals surface area contributed by atoms with Gasteiger partial charge >= 0.3 is 5.69 Å². The predicted octanol–water partition coefficient (Wildman–Crippen LogP) is 2.83. The van der Waals surface area contributed by atoms with E-state index in [2.05, 4.69) is 15.9 Å². The van der Waals surface area contributed by atoms with Crippen LogP contribution in [0.1, 0.15) is 10.4 Å². The monoisotopic (exact) mass is 307 g/mol. The third-order valence-electron chi connectivity index (χ3n) is 1.89. The Balaban J connectivity index is 3.55. The molecule has 16 heavy (non-hydrogen) atoms. The van der Waals surface area contributed by atoms with E-state index in [0.29, 0.717) is 0 Å². The molecule has 0 aliphatic carbocycles. The number of carbonyl (C=O) groups is 1. The average molecular weight is 309 g/mol. The summed E-state index contributed by atoms with van der Waals surface area (Å²) in [6.07, 6.45) is 0.